The lowest BCUT2D eigenvalue weighted by molar-refractivity contribution is -0.135. The minimum atomic E-state index is -0.259. The number of esters is 1. The predicted molar refractivity (Wildman–Crippen MR) is 97.3 cm³/mol. The maximum atomic E-state index is 12.3. The highest BCUT2D eigenvalue weighted by molar-refractivity contribution is 5.79. The molecule has 126 valence electrons. The molecule has 0 amide bonds. The Hall–Kier alpha value is -2.09. The van der Waals surface area contributed by atoms with E-state index in [9.17, 15) is 4.79 Å². The molecule has 2 heteroatoms. The summed E-state index contributed by atoms with van der Waals surface area (Å²) in [5.74, 6) is 1.69. The molecule has 2 nitrogen and oxygen atoms in total. The molecule has 1 fully saturated rings. The molecule has 0 spiro atoms. The summed E-state index contributed by atoms with van der Waals surface area (Å²) in [4.78, 5) is 12.3. The van der Waals surface area contributed by atoms with E-state index < -0.39 is 0 Å². The van der Waals surface area contributed by atoms with Gasteiger partial charge in [-0.25, -0.2) is 0 Å². The van der Waals surface area contributed by atoms with Crippen LogP contribution in [0.5, 0.6) is 5.75 Å². The van der Waals surface area contributed by atoms with Crippen molar-refractivity contribution in [2.45, 2.75) is 51.4 Å². The van der Waals surface area contributed by atoms with Crippen molar-refractivity contribution < 1.29 is 9.53 Å². The van der Waals surface area contributed by atoms with E-state index in [1.807, 2.05) is 49.4 Å². The number of hydrogen-bond acceptors (Lipinski definition) is 2. The molecule has 1 unspecified atom stereocenters. The molecule has 2 aromatic rings. The van der Waals surface area contributed by atoms with Crippen LogP contribution >= 0.6 is 0 Å². The first-order chi connectivity index (χ1) is 11.6. The van der Waals surface area contributed by atoms with Gasteiger partial charge < -0.3 is 4.74 Å². The van der Waals surface area contributed by atoms with E-state index in [-0.39, 0.29) is 11.9 Å². The Morgan fingerprint density at radius 3 is 2.21 bits per heavy atom. The Kier molecular flexibility index (Phi) is 5.34. The monoisotopic (exact) mass is 322 g/mol. The smallest absolute Gasteiger partial charge is 0.318 e. The number of benzene rings is 2. The number of ether oxygens (including phenoxy) is 1. The second kappa shape index (κ2) is 7.65. The summed E-state index contributed by atoms with van der Waals surface area (Å²) >= 11 is 0. The van der Waals surface area contributed by atoms with Gasteiger partial charge >= 0.3 is 5.97 Å². The fraction of sp³-hybridized carbons (Fsp3) is 0.409. The van der Waals surface area contributed by atoms with E-state index in [1.165, 1.54) is 31.2 Å². The van der Waals surface area contributed by atoms with Gasteiger partial charge in [-0.2, -0.15) is 0 Å². The minimum absolute atomic E-state index is 0.208. The third-order valence-corrected chi connectivity index (χ3v) is 5.24. The van der Waals surface area contributed by atoms with E-state index in [0.29, 0.717) is 11.7 Å². The van der Waals surface area contributed by atoms with Crippen LogP contribution in [0.4, 0.5) is 0 Å². The van der Waals surface area contributed by atoms with Gasteiger partial charge in [0.15, 0.2) is 0 Å². The molecule has 0 aliphatic heterocycles. The Labute approximate surface area is 144 Å². The van der Waals surface area contributed by atoms with Gasteiger partial charge in [0.1, 0.15) is 5.75 Å². The van der Waals surface area contributed by atoms with Crippen LogP contribution < -0.4 is 4.74 Å². The summed E-state index contributed by atoms with van der Waals surface area (Å²) < 4.78 is 5.55. The van der Waals surface area contributed by atoms with Crippen LogP contribution in [0.15, 0.2) is 54.6 Å². The highest BCUT2D eigenvalue weighted by atomic mass is 16.5. The maximum absolute atomic E-state index is 12.3. The molecule has 2 aromatic carbocycles. The number of hydrogen-bond donors (Lipinski definition) is 0. The molecular weight excluding hydrogens is 296 g/mol. The lowest BCUT2D eigenvalue weighted by atomic mass is 9.79. The lowest BCUT2D eigenvalue weighted by Crippen LogP contribution is -2.16. The van der Waals surface area contributed by atoms with Crippen molar-refractivity contribution in [2.75, 3.05) is 0 Å². The van der Waals surface area contributed by atoms with E-state index in [2.05, 4.69) is 19.1 Å². The lowest BCUT2D eigenvalue weighted by Gasteiger charge is -2.26. The Balaban J connectivity index is 1.61. The van der Waals surface area contributed by atoms with Crippen LogP contribution in [-0.4, -0.2) is 5.97 Å². The minimum Gasteiger partial charge on any atom is -0.426 e. The highest BCUT2D eigenvalue weighted by Gasteiger charge is 2.20. The van der Waals surface area contributed by atoms with Gasteiger partial charge in [0.05, 0.1) is 5.92 Å². The quantitative estimate of drug-likeness (QED) is 0.534. The first kappa shape index (κ1) is 16.8. The van der Waals surface area contributed by atoms with Crippen molar-refractivity contribution in [3.8, 4) is 5.75 Å². The molecule has 0 aromatic heterocycles. The summed E-state index contributed by atoms with van der Waals surface area (Å²) in [7, 11) is 0. The van der Waals surface area contributed by atoms with Gasteiger partial charge in [0, 0.05) is 0 Å². The average Bonchev–Trinajstić information content (AvgIpc) is 2.63. The van der Waals surface area contributed by atoms with Crippen LogP contribution in [0.1, 0.15) is 62.5 Å². The number of carbonyl (C=O) groups excluding carboxylic acids is 1. The number of rotatable bonds is 4. The fourth-order valence-electron chi connectivity index (χ4n) is 3.48. The Morgan fingerprint density at radius 2 is 1.58 bits per heavy atom. The molecule has 1 saturated carbocycles. The first-order valence-corrected chi connectivity index (χ1v) is 9.00. The topological polar surface area (TPSA) is 26.3 Å². The molecule has 1 aliphatic carbocycles. The molecule has 0 N–H and O–H groups in total. The van der Waals surface area contributed by atoms with Gasteiger partial charge in [0.25, 0.3) is 0 Å². The third kappa shape index (κ3) is 4.05. The van der Waals surface area contributed by atoms with E-state index >= 15 is 0 Å². The van der Waals surface area contributed by atoms with Crippen molar-refractivity contribution in [3.05, 3.63) is 65.7 Å². The summed E-state index contributed by atoms with van der Waals surface area (Å²) in [6.45, 7) is 4.22. The second-order valence-corrected chi connectivity index (χ2v) is 7.08. The molecule has 3 rings (SSSR count). The van der Waals surface area contributed by atoms with E-state index in [1.54, 1.807) is 0 Å². The van der Waals surface area contributed by atoms with Crippen LogP contribution in [0.2, 0.25) is 0 Å². The second-order valence-electron chi connectivity index (χ2n) is 7.08. The summed E-state index contributed by atoms with van der Waals surface area (Å²) in [6.07, 6.45) is 5.17. The van der Waals surface area contributed by atoms with Crippen LogP contribution in [0.25, 0.3) is 0 Å². The highest BCUT2D eigenvalue weighted by Crippen LogP contribution is 2.36. The Morgan fingerprint density at radius 1 is 0.958 bits per heavy atom. The van der Waals surface area contributed by atoms with Gasteiger partial charge in [-0.05, 0) is 54.9 Å². The van der Waals surface area contributed by atoms with Gasteiger partial charge in [-0.3, -0.25) is 4.79 Å². The third-order valence-electron chi connectivity index (χ3n) is 5.24. The van der Waals surface area contributed by atoms with Crippen molar-refractivity contribution in [2.24, 2.45) is 5.92 Å². The van der Waals surface area contributed by atoms with Crippen molar-refractivity contribution in [1.82, 2.24) is 0 Å². The van der Waals surface area contributed by atoms with Crippen molar-refractivity contribution >= 4 is 5.97 Å². The van der Waals surface area contributed by atoms with Crippen LogP contribution in [-0.2, 0) is 4.79 Å². The molecule has 24 heavy (non-hydrogen) atoms. The molecule has 0 heterocycles. The summed E-state index contributed by atoms with van der Waals surface area (Å²) in [5, 5.41) is 0. The molecule has 0 saturated heterocycles. The SMILES string of the molecule is CC1CCC(c2ccc(OC(=O)C(C)c3ccccc3)cc2)CC1. The molecule has 1 atom stereocenters. The van der Waals surface area contributed by atoms with Gasteiger partial charge in [-0.1, -0.05) is 62.2 Å². The van der Waals surface area contributed by atoms with Gasteiger partial charge in [-0.15, -0.1) is 0 Å². The Bertz CT molecular complexity index is 652. The van der Waals surface area contributed by atoms with Crippen LogP contribution in [0.3, 0.4) is 0 Å². The normalized spacial score (nSPS) is 21.9. The maximum Gasteiger partial charge on any atom is 0.318 e. The van der Waals surface area contributed by atoms with Crippen molar-refractivity contribution in [3.63, 3.8) is 0 Å². The van der Waals surface area contributed by atoms with E-state index in [0.717, 1.165) is 11.5 Å². The van der Waals surface area contributed by atoms with Gasteiger partial charge in [0.2, 0.25) is 0 Å². The zero-order chi connectivity index (χ0) is 16.9. The molecule has 0 radical (unpaired) electrons. The largest absolute Gasteiger partial charge is 0.426 e. The standard InChI is InChI=1S/C22H26O2/c1-16-8-10-19(11-9-16)20-12-14-21(15-13-20)24-22(23)17(2)18-6-4-3-5-7-18/h3-7,12-17,19H,8-11H2,1-2H3. The summed E-state index contributed by atoms with van der Waals surface area (Å²) in [5.41, 5.74) is 2.35. The zero-order valence-corrected chi connectivity index (χ0v) is 14.6. The van der Waals surface area contributed by atoms with Crippen molar-refractivity contribution in [1.29, 1.82) is 0 Å². The molecule has 0 bridgehead atoms. The summed E-state index contributed by atoms with van der Waals surface area (Å²) in [6, 6.07) is 17.9. The average molecular weight is 322 g/mol. The van der Waals surface area contributed by atoms with E-state index in [4.69, 9.17) is 4.74 Å². The predicted octanol–water partition coefficient (Wildman–Crippen LogP) is 5.69. The first-order valence-electron chi connectivity index (χ1n) is 9.00. The molecule has 1 aliphatic rings. The fourth-order valence-corrected chi connectivity index (χ4v) is 3.48. The number of carbonyl (C=O) groups is 1. The van der Waals surface area contributed by atoms with Crippen LogP contribution in [0, 0.1) is 5.92 Å². The molecular formula is C22H26O2. The zero-order valence-electron chi connectivity index (χ0n) is 14.6.